The molecule has 24 heavy (non-hydrogen) atoms. The lowest BCUT2D eigenvalue weighted by Crippen LogP contribution is -2.37. The zero-order valence-electron chi connectivity index (χ0n) is 14.5. The fourth-order valence-electron chi connectivity index (χ4n) is 3.15. The Morgan fingerprint density at radius 1 is 1.25 bits per heavy atom. The van der Waals surface area contributed by atoms with E-state index in [4.69, 9.17) is 0 Å². The number of hydrogen-bond donors (Lipinski definition) is 1. The van der Waals surface area contributed by atoms with Gasteiger partial charge >= 0.3 is 0 Å². The van der Waals surface area contributed by atoms with E-state index < -0.39 is 0 Å². The Balaban J connectivity index is 1.40. The van der Waals surface area contributed by atoms with E-state index in [1.807, 2.05) is 24.0 Å². The number of carbonyl (C=O) groups is 1. The summed E-state index contributed by atoms with van der Waals surface area (Å²) in [5, 5.41) is 7.37. The molecule has 1 saturated heterocycles. The molecule has 3 rings (SSSR count). The van der Waals surface area contributed by atoms with Crippen LogP contribution >= 0.6 is 0 Å². The topological polar surface area (TPSA) is 50.2 Å². The summed E-state index contributed by atoms with van der Waals surface area (Å²) in [5.74, 6) is 0.116. The molecule has 1 unspecified atom stereocenters. The summed E-state index contributed by atoms with van der Waals surface area (Å²) in [6.45, 7) is 7.68. The molecule has 0 aliphatic carbocycles. The van der Waals surface area contributed by atoms with Crippen LogP contribution in [0.1, 0.15) is 29.5 Å². The van der Waals surface area contributed by atoms with Crippen LogP contribution < -0.4 is 5.32 Å². The number of aryl methyl sites for hydroxylation is 3. The maximum absolute atomic E-state index is 12.1. The molecule has 1 N–H and O–H groups in total. The third-order valence-corrected chi connectivity index (χ3v) is 4.49. The largest absolute Gasteiger partial charge is 0.352 e. The van der Waals surface area contributed by atoms with E-state index in [2.05, 4.69) is 46.5 Å². The molecule has 1 aliphatic heterocycles. The van der Waals surface area contributed by atoms with Gasteiger partial charge in [-0.1, -0.05) is 29.8 Å². The second kappa shape index (κ2) is 7.62. The summed E-state index contributed by atoms with van der Waals surface area (Å²) in [4.78, 5) is 14.5. The predicted molar refractivity (Wildman–Crippen MR) is 94.6 cm³/mol. The highest BCUT2D eigenvalue weighted by Gasteiger charge is 2.23. The molecule has 1 aliphatic rings. The molecular weight excluding hydrogens is 300 g/mol. The summed E-state index contributed by atoms with van der Waals surface area (Å²) >= 11 is 0. The van der Waals surface area contributed by atoms with Gasteiger partial charge in [0, 0.05) is 44.8 Å². The Bertz CT molecular complexity index is 677. The predicted octanol–water partition coefficient (Wildman–Crippen LogP) is 2.28. The summed E-state index contributed by atoms with van der Waals surface area (Å²) in [5.41, 5.74) is 3.75. The molecule has 5 nitrogen and oxygen atoms in total. The summed E-state index contributed by atoms with van der Waals surface area (Å²) in [7, 11) is 0. The lowest BCUT2D eigenvalue weighted by Gasteiger charge is -2.17. The monoisotopic (exact) mass is 326 g/mol. The van der Waals surface area contributed by atoms with Crippen molar-refractivity contribution in [3.05, 3.63) is 53.3 Å². The van der Waals surface area contributed by atoms with Crippen LogP contribution in [-0.2, 0) is 17.9 Å². The Morgan fingerprint density at radius 2 is 2.04 bits per heavy atom. The number of aromatic nitrogens is 2. The van der Waals surface area contributed by atoms with Gasteiger partial charge in [0.15, 0.2) is 0 Å². The molecule has 1 aromatic carbocycles. The van der Waals surface area contributed by atoms with Gasteiger partial charge < -0.3 is 5.32 Å². The first-order valence-electron chi connectivity index (χ1n) is 8.65. The fraction of sp³-hybridized carbons (Fsp3) is 0.474. The molecule has 0 radical (unpaired) electrons. The van der Waals surface area contributed by atoms with Gasteiger partial charge in [0.05, 0.1) is 6.20 Å². The van der Waals surface area contributed by atoms with Crippen LogP contribution in [0.2, 0.25) is 0 Å². The molecule has 2 aromatic rings. The van der Waals surface area contributed by atoms with Crippen molar-refractivity contribution in [3.63, 3.8) is 0 Å². The molecule has 2 heterocycles. The average Bonchev–Trinajstić information content (AvgIpc) is 3.17. The third-order valence-electron chi connectivity index (χ3n) is 4.49. The van der Waals surface area contributed by atoms with Crippen LogP contribution in [0, 0.1) is 13.8 Å². The highest BCUT2D eigenvalue weighted by Crippen LogP contribution is 2.14. The number of nitrogens with zero attached hydrogens (tertiary/aromatic N) is 3. The quantitative estimate of drug-likeness (QED) is 0.886. The number of benzene rings is 1. The number of hydrogen-bond acceptors (Lipinski definition) is 3. The zero-order valence-corrected chi connectivity index (χ0v) is 14.5. The highest BCUT2D eigenvalue weighted by atomic mass is 16.1. The normalized spacial score (nSPS) is 18.0. The SMILES string of the molecule is Cc1ccc(CN2CCC(NC(=O)CCn3cc(C)cn3)C2)cc1. The Morgan fingerprint density at radius 3 is 2.75 bits per heavy atom. The van der Waals surface area contributed by atoms with Gasteiger partial charge in [-0.25, -0.2) is 0 Å². The molecule has 1 amide bonds. The van der Waals surface area contributed by atoms with Gasteiger partial charge in [-0.15, -0.1) is 0 Å². The second-order valence-electron chi connectivity index (χ2n) is 6.80. The maximum Gasteiger partial charge on any atom is 0.222 e. The van der Waals surface area contributed by atoms with E-state index in [-0.39, 0.29) is 11.9 Å². The molecule has 0 bridgehead atoms. The van der Waals surface area contributed by atoms with Crippen LogP contribution in [0.15, 0.2) is 36.7 Å². The van der Waals surface area contributed by atoms with Crippen LogP contribution in [0.4, 0.5) is 0 Å². The van der Waals surface area contributed by atoms with Gasteiger partial charge in [0.1, 0.15) is 0 Å². The van der Waals surface area contributed by atoms with Crippen molar-refractivity contribution >= 4 is 5.91 Å². The number of amides is 1. The number of carbonyl (C=O) groups excluding carboxylic acids is 1. The van der Waals surface area contributed by atoms with Crippen molar-refractivity contribution in [1.82, 2.24) is 20.0 Å². The van der Waals surface area contributed by atoms with E-state index >= 15 is 0 Å². The minimum Gasteiger partial charge on any atom is -0.352 e. The molecule has 5 heteroatoms. The van der Waals surface area contributed by atoms with E-state index in [1.165, 1.54) is 11.1 Å². The molecule has 1 atom stereocenters. The first kappa shape index (κ1) is 16.7. The third kappa shape index (κ3) is 4.68. The van der Waals surface area contributed by atoms with Crippen molar-refractivity contribution in [2.45, 2.75) is 45.8 Å². The van der Waals surface area contributed by atoms with Crippen molar-refractivity contribution < 1.29 is 4.79 Å². The van der Waals surface area contributed by atoms with Gasteiger partial charge in [-0.3, -0.25) is 14.4 Å². The van der Waals surface area contributed by atoms with E-state index in [9.17, 15) is 4.79 Å². The van der Waals surface area contributed by atoms with Crippen LogP contribution in [0.3, 0.4) is 0 Å². The Labute approximate surface area is 143 Å². The molecule has 0 spiro atoms. The number of rotatable bonds is 6. The minimum atomic E-state index is 0.116. The van der Waals surface area contributed by atoms with Crippen molar-refractivity contribution in [3.8, 4) is 0 Å². The van der Waals surface area contributed by atoms with Gasteiger partial charge in [0.25, 0.3) is 0 Å². The standard InChI is InChI=1S/C19H26N4O/c1-15-3-5-17(6-4-15)13-22-9-7-18(14-22)21-19(24)8-10-23-12-16(2)11-20-23/h3-6,11-12,18H,7-10,13-14H2,1-2H3,(H,21,24). The maximum atomic E-state index is 12.1. The van der Waals surface area contributed by atoms with E-state index in [1.54, 1.807) is 0 Å². The van der Waals surface area contributed by atoms with Crippen LogP contribution in [0.5, 0.6) is 0 Å². The molecule has 128 valence electrons. The smallest absolute Gasteiger partial charge is 0.222 e. The first-order chi connectivity index (χ1) is 11.6. The number of nitrogens with one attached hydrogen (secondary N) is 1. The Kier molecular flexibility index (Phi) is 5.30. The average molecular weight is 326 g/mol. The van der Waals surface area contributed by atoms with Gasteiger partial charge in [0.2, 0.25) is 5.91 Å². The lowest BCUT2D eigenvalue weighted by atomic mass is 10.1. The lowest BCUT2D eigenvalue weighted by molar-refractivity contribution is -0.122. The second-order valence-corrected chi connectivity index (χ2v) is 6.80. The van der Waals surface area contributed by atoms with Crippen LogP contribution in [-0.4, -0.2) is 39.7 Å². The van der Waals surface area contributed by atoms with Gasteiger partial charge in [-0.2, -0.15) is 5.10 Å². The summed E-state index contributed by atoms with van der Waals surface area (Å²) in [6, 6.07) is 8.95. The molecule has 1 aromatic heterocycles. The summed E-state index contributed by atoms with van der Waals surface area (Å²) in [6.07, 6.45) is 5.29. The highest BCUT2D eigenvalue weighted by molar-refractivity contribution is 5.76. The molecular formula is C19H26N4O. The molecule has 0 saturated carbocycles. The Hall–Kier alpha value is -2.14. The van der Waals surface area contributed by atoms with Crippen LogP contribution in [0.25, 0.3) is 0 Å². The van der Waals surface area contributed by atoms with Crippen molar-refractivity contribution in [2.24, 2.45) is 0 Å². The van der Waals surface area contributed by atoms with Gasteiger partial charge in [-0.05, 0) is 31.4 Å². The minimum absolute atomic E-state index is 0.116. The fourth-order valence-corrected chi connectivity index (χ4v) is 3.15. The number of likely N-dealkylation sites (tertiary alicyclic amines) is 1. The molecule has 1 fully saturated rings. The summed E-state index contributed by atoms with van der Waals surface area (Å²) < 4.78 is 1.83. The van der Waals surface area contributed by atoms with E-state index in [0.29, 0.717) is 13.0 Å². The van der Waals surface area contributed by atoms with Crippen molar-refractivity contribution in [2.75, 3.05) is 13.1 Å². The zero-order chi connectivity index (χ0) is 16.9. The first-order valence-corrected chi connectivity index (χ1v) is 8.65. The van der Waals surface area contributed by atoms with Crippen molar-refractivity contribution in [1.29, 1.82) is 0 Å². The van der Waals surface area contributed by atoms with E-state index in [0.717, 1.165) is 31.6 Å².